The number of amides is 1. The number of alkyl halides is 3. The Morgan fingerprint density at radius 3 is 2.39 bits per heavy atom. The number of aromatic nitrogens is 3. The first-order valence-corrected chi connectivity index (χ1v) is 7.06. The zero-order valence-electron chi connectivity index (χ0n) is 12.9. The standard InChI is InChI=1S/C15H17F3N4O/c1-9(2)22-8-12(7-20-22)14(23)21-10(3)11-4-5-13(19-6-11)15(16,17)18/h4-10H,1-3H3,(H,21,23)/t10-/m1/s1. The van der Waals surface area contributed by atoms with Crippen LogP contribution in [-0.4, -0.2) is 20.7 Å². The predicted octanol–water partition coefficient (Wildman–Crippen LogP) is 3.37. The van der Waals surface area contributed by atoms with Gasteiger partial charge < -0.3 is 5.32 Å². The monoisotopic (exact) mass is 326 g/mol. The molecule has 0 aliphatic rings. The summed E-state index contributed by atoms with van der Waals surface area (Å²) in [6.07, 6.45) is -0.285. The number of carbonyl (C=O) groups excluding carboxylic acids is 1. The maximum Gasteiger partial charge on any atom is 0.433 e. The molecule has 0 aromatic carbocycles. The molecule has 0 saturated heterocycles. The fourth-order valence-corrected chi connectivity index (χ4v) is 1.93. The molecule has 0 aliphatic heterocycles. The molecule has 124 valence electrons. The lowest BCUT2D eigenvalue weighted by molar-refractivity contribution is -0.141. The van der Waals surface area contributed by atoms with Crippen LogP contribution < -0.4 is 5.32 Å². The number of nitrogens with one attached hydrogen (secondary N) is 1. The van der Waals surface area contributed by atoms with E-state index in [2.05, 4.69) is 15.4 Å². The highest BCUT2D eigenvalue weighted by Gasteiger charge is 2.32. The molecule has 2 rings (SSSR count). The summed E-state index contributed by atoms with van der Waals surface area (Å²) in [6.45, 7) is 5.55. The second-order valence-corrected chi connectivity index (χ2v) is 5.47. The van der Waals surface area contributed by atoms with Crippen LogP contribution in [0.4, 0.5) is 13.2 Å². The lowest BCUT2D eigenvalue weighted by atomic mass is 10.1. The SMILES string of the molecule is CC(C)n1cc(C(=O)N[C@H](C)c2ccc(C(F)(F)F)nc2)cn1. The highest BCUT2D eigenvalue weighted by Crippen LogP contribution is 2.27. The first kappa shape index (κ1) is 17.0. The summed E-state index contributed by atoms with van der Waals surface area (Å²) in [5.74, 6) is -0.343. The Hall–Kier alpha value is -2.38. The van der Waals surface area contributed by atoms with Crippen molar-refractivity contribution in [2.45, 2.75) is 39.0 Å². The van der Waals surface area contributed by atoms with E-state index in [4.69, 9.17) is 0 Å². The summed E-state index contributed by atoms with van der Waals surface area (Å²) in [5.41, 5.74) is -0.0778. The minimum Gasteiger partial charge on any atom is -0.345 e. The number of halogens is 3. The third-order valence-corrected chi connectivity index (χ3v) is 3.32. The minimum absolute atomic E-state index is 0.132. The molecule has 5 nitrogen and oxygen atoms in total. The van der Waals surface area contributed by atoms with Crippen LogP contribution >= 0.6 is 0 Å². The molecular formula is C15H17F3N4O. The number of pyridine rings is 1. The molecule has 0 saturated carbocycles. The Bertz CT molecular complexity index is 677. The first-order chi connectivity index (χ1) is 10.7. The summed E-state index contributed by atoms with van der Waals surface area (Å²) in [7, 11) is 0. The van der Waals surface area contributed by atoms with E-state index in [1.54, 1.807) is 17.8 Å². The zero-order valence-corrected chi connectivity index (χ0v) is 12.9. The van der Waals surface area contributed by atoms with E-state index in [1.165, 1.54) is 12.3 Å². The van der Waals surface area contributed by atoms with E-state index >= 15 is 0 Å². The molecule has 0 unspecified atom stereocenters. The number of rotatable bonds is 4. The second-order valence-electron chi connectivity index (χ2n) is 5.47. The summed E-state index contributed by atoms with van der Waals surface area (Å²) in [6, 6.07) is 1.86. The Kier molecular flexibility index (Phi) is 4.72. The zero-order chi connectivity index (χ0) is 17.2. The summed E-state index contributed by atoms with van der Waals surface area (Å²) < 4.78 is 39.1. The largest absolute Gasteiger partial charge is 0.433 e. The van der Waals surface area contributed by atoms with Crippen molar-refractivity contribution in [2.75, 3.05) is 0 Å². The van der Waals surface area contributed by atoms with Crippen molar-refractivity contribution in [2.24, 2.45) is 0 Å². The van der Waals surface area contributed by atoms with Gasteiger partial charge in [-0.05, 0) is 32.4 Å². The second kappa shape index (κ2) is 6.39. The molecule has 0 bridgehead atoms. The molecule has 2 heterocycles. The molecule has 0 aliphatic carbocycles. The molecule has 1 atom stereocenters. The fourth-order valence-electron chi connectivity index (χ4n) is 1.93. The van der Waals surface area contributed by atoms with Crippen molar-refractivity contribution < 1.29 is 18.0 Å². The van der Waals surface area contributed by atoms with E-state index in [0.717, 1.165) is 12.3 Å². The topological polar surface area (TPSA) is 59.8 Å². The minimum atomic E-state index is -4.48. The molecule has 0 spiro atoms. The third kappa shape index (κ3) is 4.08. The van der Waals surface area contributed by atoms with Gasteiger partial charge in [0.15, 0.2) is 0 Å². The Morgan fingerprint density at radius 1 is 1.22 bits per heavy atom. The van der Waals surface area contributed by atoms with Gasteiger partial charge in [-0.3, -0.25) is 14.5 Å². The maximum atomic E-state index is 12.5. The van der Waals surface area contributed by atoms with Crippen LogP contribution in [0, 0.1) is 0 Å². The number of carbonyl (C=O) groups is 1. The van der Waals surface area contributed by atoms with Gasteiger partial charge in [0, 0.05) is 18.4 Å². The highest BCUT2D eigenvalue weighted by atomic mass is 19.4. The average molecular weight is 326 g/mol. The normalized spacial score (nSPS) is 13.2. The van der Waals surface area contributed by atoms with Crippen molar-refractivity contribution in [3.8, 4) is 0 Å². The van der Waals surface area contributed by atoms with Crippen molar-refractivity contribution >= 4 is 5.91 Å². The third-order valence-electron chi connectivity index (χ3n) is 3.32. The van der Waals surface area contributed by atoms with Gasteiger partial charge in [-0.15, -0.1) is 0 Å². The van der Waals surface area contributed by atoms with Crippen molar-refractivity contribution in [1.29, 1.82) is 0 Å². The summed E-state index contributed by atoms with van der Waals surface area (Å²) in [5, 5.41) is 6.78. The smallest absolute Gasteiger partial charge is 0.345 e. The summed E-state index contributed by atoms with van der Waals surface area (Å²) >= 11 is 0. The van der Waals surface area contributed by atoms with Gasteiger partial charge in [-0.25, -0.2) is 0 Å². The van der Waals surface area contributed by atoms with E-state index in [-0.39, 0.29) is 11.9 Å². The highest BCUT2D eigenvalue weighted by molar-refractivity contribution is 5.93. The van der Waals surface area contributed by atoms with Gasteiger partial charge in [0.1, 0.15) is 5.69 Å². The van der Waals surface area contributed by atoms with Crippen LogP contribution in [0.1, 0.15) is 54.5 Å². The molecule has 23 heavy (non-hydrogen) atoms. The van der Waals surface area contributed by atoms with Crippen LogP contribution in [0.25, 0.3) is 0 Å². The first-order valence-electron chi connectivity index (χ1n) is 7.06. The summed E-state index contributed by atoms with van der Waals surface area (Å²) in [4.78, 5) is 15.5. The fraction of sp³-hybridized carbons (Fsp3) is 0.400. The maximum absolute atomic E-state index is 12.5. The van der Waals surface area contributed by atoms with Gasteiger partial charge in [0.25, 0.3) is 5.91 Å². The molecule has 2 aromatic rings. The Balaban J connectivity index is 2.05. The van der Waals surface area contributed by atoms with Gasteiger partial charge in [-0.2, -0.15) is 18.3 Å². The number of nitrogens with zero attached hydrogens (tertiary/aromatic N) is 3. The van der Waals surface area contributed by atoms with Crippen molar-refractivity contribution in [3.63, 3.8) is 0 Å². The van der Waals surface area contributed by atoms with Crippen molar-refractivity contribution in [3.05, 3.63) is 47.5 Å². The van der Waals surface area contributed by atoms with E-state index in [1.807, 2.05) is 13.8 Å². The van der Waals surface area contributed by atoms with Crippen LogP contribution in [0.2, 0.25) is 0 Å². The van der Waals surface area contributed by atoms with Gasteiger partial charge >= 0.3 is 6.18 Å². The van der Waals surface area contributed by atoms with Gasteiger partial charge in [0.2, 0.25) is 0 Å². The number of hydrogen-bond acceptors (Lipinski definition) is 3. The molecule has 1 N–H and O–H groups in total. The van der Waals surface area contributed by atoms with E-state index < -0.39 is 17.9 Å². The molecule has 2 aromatic heterocycles. The van der Waals surface area contributed by atoms with Gasteiger partial charge in [-0.1, -0.05) is 6.07 Å². The molecule has 8 heteroatoms. The van der Waals surface area contributed by atoms with Crippen LogP contribution in [0.5, 0.6) is 0 Å². The molecule has 1 amide bonds. The van der Waals surface area contributed by atoms with Crippen molar-refractivity contribution in [1.82, 2.24) is 20.1 Å². The lowest BCUT2D eigenvalue weighted by Crippen LogP contribution is -2.26. The van der Waals surface area contributed by atoms with Gasteiger partial charge in [0.05, 0.1) is 17.8 Å². The van der Waals surface area contributed by atoms with Crippen LogP contribution in [0.3, 0.4) is 0 Å². The Labute approximate surface area is 131 Å². The van der Waals surface area contributed by atoms with Crippen LogP contribution in [0.15, 0.2) is 30.7 Å². The van der Waals surface area contributed by atoms with E-state index in [9.17, 15) is 18.0 Å². The predicted molar refractivity (Wildman–Crippen MR) is 77.7 cm³/mol. The Morgan fingerprint density at radius 2 is 1.91 bits per heavy atom. The van der Waals surface area contributed by atoms with Crippen LogP contribution in [-0.2, 0) is 6.18 Å². The van der Waals surface area contributed by atoms with E-state index in [0.29, 0.717) is 11.1 Å². The molecular weight excluding hydrogens is 309 g/mol. The quantitative estimate of drug-likeness (QED) is 0.937. The molecule has 0 fully saturated rings. The number of hydrogen-bond donors (Lipinski definition) is 1. The average Bonchev–Trinajstić information content (AvgIpc) is 2.96. The molecule has 0 radical (unpaired) electrons. The lowest BCUT2D eigenvalue weighted by Gasteiger charge is -2.14.